The van der Waals surface area contributed by atoms with Gasteiger partial charge in [0.15, 0.2) is 0 Å². The first-order valence-corrected chi connectivity index (χ1v) is 21.4. The second-order valence-electron chi connectivity index (χ2n) is 15.5. The molecule has 2 N–H and O–H groups in total. The molecule has 6 saturated carbocycles. The van der Waals surface area contributed by atoms with Gasteiger partial charge in [-0.05, 0) is 68.1 Å². The van der Waals surface area contributed by atoms with Gasteiger partial charge in [0.25, 0.3) is 20.2 Å². The number of halogens is 2. The number of carbonyl (C=O) groups excluding carboxylic acids is 3. The van der Waals surface area contributed by atoms with Crippen molar-refractivity contribution in [1.29, 1.82) is 0 Å². The first-order valence-electron chi connectivity index (χ1n) is 17.3. The molecule has 0 amide bonds. The minimum atomic E-state index is -3.55. The maximum atomic E-state index is 12.7. The highest BCUT2D eigenvalue weighted by Gasteiger charge is 2.66. The maximum absolute atomic E-state index is 12.7. The average molecular weight is 795 g/mol. The molecule has 280 valence electrons. The van der Waals surface area contributed by atoms with Gasteiger partial charge in [0.05, 0.1) is 45.6 Å². The Bertz CT molecular complexity index is 1780. The number of fused-ring (bicyclic) bond motifs is 9. The number of carboxylic acids is 1. The molecule has 3 heterocycles. The third-order valence-corrected chi connectivity index (χ3v) is 16.9. The number of aliphatic carboxylic acids is 1. The van der Waals surface area contributed by atoms with Crippen LogP contribution in [-0.2, 0) is 57.3 Å². The van der Waals surface area contributed by atoms with Gasteiger partial charge in [-0.2, -0.15) is 16.8 Å². The first kappa shape index (κ1) is 35.9. The van der Waals surface area contributed by atoms with Gasteiger partial charge in [0.1, 0.15) is 18.3 Å². The zero-order chi connectivity index (χ0) is 36.3. The van der Waals surface area contributed by atoms with Crippen molar-refractivity contribution in [2.75, 3.05) is 5.34 Å². The van der Waals surface area contributed by atoms with E-state index in [1.165, 1.54) is 0 Å². The highest BCUT2D eigenvalue weighted by molar-refractivity contribution is 7.88. The molecule has 3 saturated heterocycles. The molecule has 0 aromatic carbocycles. The molecule has 11 rings (SSSR count). The van der Waals surface area contributed by atoms with E-state index < -0.39 is 73.7 Å². The molecule has 18 heteroatoms. The topological polar surface area (TPSA) is 214 Å². The van der Waals surface area contributed by atoms with Crippen LogP contribution >= 0.6 is 23.2 Å². The second-order valence-corrected chi connectivity index (χ2v) is 19.9. The Morgan fingerprint density at radius 3 is 1.76 bits per heavy atom. The molecule has 9 fully saturated rings. The summed E-state index contributed by atoms with van der Waals surface area (Å²) in [5.41, 5.74) is 0. The van der Waals surface area contributed by atoms with Crippen molar-refractivity contribution in [1.82, 2.24) is 0 Å². The molecule has 51 heavy (non-hydrogen) atoms. The largest absolute Gasteiger partial charge is 1.00 e. The average Bonchev–Trinajstić information content (AvgIpc) is 3.92. The van der Waals surface area contributed by atoms with Crippen LogP contribution in [0.15, 0.2) is 24.3 Å². The van der Waals surface area contributed by atoms with Crippen LogP contribution in [0.5, 0.6) is 0 Å². The van der Waals surface area contributed by atoms with E-state index in [2.05, 4.69) is 4.74 Å². The molecule has 0 aromatic rings. The fourth-order valence-electron chi connectivity index (χ4n) is 11.3. The van der Waals surface area contributed by atoms with Gasteiger partial charge in [0, 0.05) is 17.8 Å². The molecule has 8 aliphatic carbocycles. The van der Waals surface area contributed by atoms with E-state index in [1.54, 1.807) is 0 Å². The number of hydrogen-bond acceptors (Lipinski definition) is 13. The Morgan fingerprint density at radius 2 is 1.22 bits per heavy atom. The normalized spacial score (nSPS) is 50.3. The van der Waals surface area contributed by atoms with Gasteiger partial charge in [-0.3, -0.25) is 27.5 Å². The minimum absolute atomic E-state index is 0. The number of ether oxygens (including phenoxy) is 2. The van der Waals surface area contributed by atoms with Crippen molar-refractivity contribution in [3.63, 3.8) is 0 Å². The summed E-state index contributed by atoms with van der Waals surface area (Å²) in [5, 5.41) is 18.4. The molecule has 18 unspecified atom stereocenters. The van der Waals surface area contributed by atoms with Crippen LogP contribution in [0, 0.1) is 71.0 Å². The predicted octanol–water partition coefficient (Wildman–Crippen LogP) is 2.08. The summed E-state index contributed by atoms with van der Waals surface area (Å²) in [7, 11) is -6.87. The SMILES string of the molecule is ClCCl.O=C(O)C1C2C=CC(C2)C1C(=O)OC1C2CC3C1OS(=O)(=O)C3C2.O=C1OC(=O)C2C3C=CC(C3)C12.O=S1(=O)OC2C(O)C3CC2C1C3.[H+]. The molecule has 3 aliphatic heterocycles. The molecule has 0 aromatic heterocycles. The Morgan fingerprint density at radius 1 is 0.745 bits per heavy atom. The number of cyclic esters (lactones) is 2. The minimum Gasteiger partial charge on any atom is -0.481 e. The number of carbonyl (C=O) groups is 4. The summed E-state index contributed by atoms with van der Waals surface area (Å²) in [5.74, 6) is -3.29. The molecule has 14 nitrogen and oxygen atoms in total. The summed E-state index contributed by atoms with van der Waals surface area (Å²) in [6.45, 7) is 0. The van der Waals surface area contributed by atoms with Crippen molar-refractivity contribution in [3.8, 4) is 0 Å². The summed E-state index contributed by atoms with van der Waals surface area (Å²) < 4.78 is 66.8. The van der Waals surface area contributed by atoms with E-state index in [1.807, 2.05) is 24.3 Å². The van der Waals surface area contributed by atoms with E-state index >= 15 is 0 Å². The first-order chi connectivity index (χ1) is 24.1. The Labute approximate surface area is 305 Å². The second kappa shape index (κ2) is 12.8. The van der Waals surface area contributed by atoms with Crippen LogP contribution in [-0.4, -0.2) is 91.2 Å². The highest BCUT2D eigenvalue weighted by atomic mass is 35.5. The zero-order valence-electron chi connectivity index (χ0n) is 28.0. The molecular formula is C33H39Cl2O14S2+. The van der Waals surface area contributed by atoms with Crippen molar-refractivity contribution < 1.29 is 65.5 Å². The summed E-state index contributed by atoms with van der Waals surface area (Å²) in [6.07, 6.45) is 10.0. The third-order valence-electron chi connectivity index (χ3n) is 13.3. The molecular weight excluding hydrogens is 755 g/mol. The van der Waals surface area contributed by atoms with Crippen LogP contribution in [0.1, 0.15) is 40.0 Å². The summed E-state index contributed by atoms with van der Waals surface area (Å²) in [6, 6.07) is 0. The highest BCUT2D eigenvalue weighted by Crippen LogP contribution is 2.57. The van der Waals surface area contributed by atoms with Gasteiger partial charge in [0.2, 0.25) is 0 Å². The lowest BCUT2D eigenvalue weighted by Crippen LogP contribution is -2.41. The predicted molar refractivity (Wildman–Crippen MR) is 175 cm³/mol. The van der Waals surface area contributed by atoms with Gasteiger partial charge in [-0.15, -0.1) is 23.2 Å². The van der Waals surface area contributed by atoms with Crippen molar-refractivity contribution in [3.05, 3.63) is 24.3 Å². The lowest BCUT2D eigenvalue weighted by Gasteiger charge is -2.29. The van der Waals surface area contributed by atoms with Gasteiger partial charge in [-0.1, -0.05) is 24.3 Å². The van der Waals surface area contributed by atoms with Crippen LogP contribution in [0.25, 0.3) is 0 Å². The van der Waals surface area contributed by atoms with E-state index in [0.29, 0.717) is 25.7 Å². The van der Waals surface area contributed by atoms with E-state index in [-0.39, 0.29) is 83.1 Å². The monoisotopic (exact) mass is 793 g/mol. The van der Waals surface area contributed by atoms with Crippen molar-refractivity contribution >= 4 is 67.3 Å². The van der Waals surface area contributed by atoms with E-state index in [9.17, 15) is 46.2 Å². The Kier molecular flexibility index (Phi) is 8.99. The van der Waals surface area contributed by atoms with E-state index in [4.69, 9.17) is 36.3 Å². The van der Waals surface area contributed by atoms with Crippen LogP contribution in [0.3, 0.4) is 0 Å². The number of allylic oxidation sites excluding steroid dienone is 4. The number of aliphatic hydroxyl groups excluding tert-OH is 1. The third kappa shape index (κ3) is 5.63. The zero-order valence-corrected chi connectivity index (χ0v) is 30.2. The molecule has 11 aliphatic rings. The Hall–Kier alpha value is -2.08. The smallest absolute Gasteiger partial charge is 0.481 e. The number of hydrogen-bond donors (Lipinski definition) is 2. The number of rotatable bonds is 3. The van der Waals surface area contributed by atoms with Crippen LogP contribution < -0.4 is 0 Å². The molecule has 0 spiro atoms. The molecule has 8 bridgehead atoms. The summed E-state index contributed by atoms with van der Waals surface area (Å²) >= 11 is 9.53. The fourth-order valence-corrected chi connectivity index (χ4v) is 15.1. The van der Waals surface area contributed by atoms with Gasteiger partial charge < -0.3 is 19.7 Å². The number of carboxylic acid groups (broad SMARTS) is 1. The number of alkyl halides is 2. The molecule has 0 radical (unpaired) electrons. The quantitative estimate of drug-likeness (QED) is 0.138. The number of aliphatic hydroxyl groups is 1. The maximum Gasteiger partial charge on any atom is 1.00 e. The van der Waals surface area contributed by atoms with E-state index in [0.717, 1.165) is 12.8 Å². The van der Waals surface area contributed by atoms with Crippen molar-refractivity contribution in [2.24, 2.45) is 71.0 Å². The number of esters is 3. The Balaban J connectivity index is 0.000000126. The van der Waals surface area contributed by atoms with Crippen LogP contribution in [0.2, 0.25) is 0 Å². The lowest BCUT2D eigenvalue weighted by atomic mass is 9.83. The van der Waals surface area contributed by atoms with Gasteiger partial charge in [-0.25, -0.2) is 0 Å². The summed E-state index contributed by atoms with van der Waals surface area (Å²) in [4.78, 5) is 46.6. The molecule has 18 atom stereocenters. The fraction of sp³-hybridized carbons (Fsp3) is 0.758. The van der Waals surface area contributed by atoms with Gasteiger partial charge >= 0.3 is 25.3 Å². The lowest BCUT2D eigenvalue weighted by molar-refractivity contribution is -0.167. The van der Waals surface area contributed by atoms with Crippen LogP contribution in [0.4, 0.5) is 0 Å². The standard InChI is InChI=1S/C16H18O7S.C9H8O3.C7H10O4S.CH2Cl2/c17-15(18)11-6-1-2-7(3-6)12(11)16(19)22-13-8-4-9-10(5-8)24(20,21)23-14(9)13;10-8-6-4-1-2-5(3-4)7(6)9(11)12-8;8-6-3-1-4-5(2-3)12(9,10)11-7(4)6;2-1-3/h1-2,6-14H,3-5H2,(H,17,18);1-2,4-7H,3H2;3-8H,1-2H2;1H2/p+1. The van der Waals surface area contributed by atoms with Crippen molar-refractivity contribution in [2.45, 2.75) is 73.4 Å².